The number of H-pyrrole nitrogens is 2. The van der Waals surface area contributed by atoms with E-state index in [2.05, 4.69) is 54.0 Å². The molecule has 4 heterocycles. The second-order valence-electron chi connectivity index (χ2n) is 18.6. The molecule has 2 aliphatic carbocycles. The van der Waals surface area contributed by atoms with Gasteiger partial charge in [-0.3, -0.25) is 28.8 Å². The van der Waals surface area contributed by atoms with Gasteiger partial charge in [0.2, 0.25) is 23.6 Å². The van der Waals surface area contributed by atoms with Crippen LogP contribution in [-0.4, -0.2) is 96.9 Å². The van der Waals surface area contributed by atoms with Crippen molar-refractivity contribution in [2.24, 2.45) is 23.7 Å². The number of aromatic nitrogens is 2. The van der Waals surface area contributed by atoms with Gasteiger partial charge in [-0.15, -0.1) is 0 Å². The van der Waals surface area contributed by atoms with Crippen LogP contribution < -0.4 is 41.4 Å². The molecular formula is C49H58N10O8. The van der Waals surface area contributed by atoms with E-state index in [-0.39, 0.29) is 53.8 Å². The minimum absolute atomic E-state index is 0.0448. The first-order chi connectivity index (χ1) is 32.4. The molecule has 2 saturated carbocycles. The third-order valence-corrected chi connectivity index (χ3v) is 13.7. The molecule has 2 aromatic heterocycles. The van der Waals surface area contributed by atoms with Crippen molar-refractivity contribution in [3.8, 4) is 23.6 Å². The van der Waals surface area contributed by atoms with E-state index in [9.17, 15) is 39.3 Å². The maximum Gasteiger partial charge on any atom is 0.268 e. The number of nitrogens with zero attached hydrogens (tertiary/aromatic N) is 2. The largest absolute Gasteiger partial charge is 0.496 e. The van der Waals surface area contributed by atoms with Gasteiger partial charge in [0.25, 0.3) is 11.8 Å². The van der Waals surface area contributed by atoms with Crippen LogP contribution in [0.4, 0.5) is 0 Å². The van der Waals surface area contributed by atoms with Crippen LogP contribution in [0, 0.1) is 46.3 Å². The number of ether oxygens (including phenoxy) is 2. The van der Waals surface area contributed by atoms with Gasteiger partial charge in [0.1, 0.15) is 47.1 Å². The van der Waals surface area contributed by atoms with Gasteiger partial charge < -0.3 is 51.3 Å². The van der Waals surface area contributed by atoms with Crippen molar-refractivity contribution in [2.45, 2.75) is 107 Å². The molecule has 2 saturated heterocycles. The van der Waals surface area contributed by atoms with E-state index >= 15 is 0 Å². The minimum Gasteiger partial charge on any atom is -0.496 e. The summed E-state index contributed by atoms with van der Waals surface area (Å²) < 4.78 is 11.2. The lowest BCUT2D eigenvalue weighted by Gasteiger charge is -2.31. The molecule has 2 aromatic carbocycles. The van der Waals surface area contributed by atoms with E-state index in [0.717, 1.165) is 49.5 Å². The highest BCUT2D eigenvalue weighted by Gasteiger charge is 2.36. The zero-order chi connectivity index (χ0) is 47.2. The van der Waals surface area contributed by atoms with Crippen molar-refractivity contribution in [3.05, 3.63) is 59.4 Å². The summed E-state index contributed by atoms with van der Waals surface area (Å²) in [4.78, 5) is 86.6. The molecule has 18 heteroatoms. The standard InChI is InChI=1S/C49H58N10O8/c1-66-42-7-3-6-36-34(42)21-40(56-36)49(65)59-39(15-27-10-11-27)47(63)55-33(24-51)18-30-16-31(25-53-45(30)61)29-19-38-35(43(20-29)67-2)22-41(57-38)48(64)58-37(13-12-26-8-9-26)46(62)54-32(23-50)17-28-5-4-14-52-44(28)60/h3,6-7,19-22,26-28,30-33,37,39,56-57H,4-5,8-18,25H2,1-2H3,(H,52,60)(H,53,61)(H,54,62)(H,55,63)(H,58,64)(H,59,65)/t28-,30-,31?,32-,33+,37+,39+/m0/s1. The SMILES string of the molecule is COc1cc(C2CNC(=O)[C@H](C[C@H](C#N)NC(=O)[C@@H](CC3CC3)NC(=O)c3cc4c(OC)cccc4[nH]3)C2)cc2[nH]c(C(=O)N[C@H](CCC3CC3)C(=O)N[C@H](C#N)C[C@@H]3CCCNC3=O)cc12. The molecule has 2 aliphatic heterocycles. The number of hydrogen-bond donors (Lipinski definition) is 8. The number of piperidine rings is 2. The molecule has 4 aliphatic rings. The number of benzene rings is 2. The first kappa shape index (κ1) is 46.4. The predicted molar refractivity (Wildman–Crippen MR) is 245 cm³/mol. The summed E-state index contributed by atoms with van der Waals surface area (Å²) in [5.41, 5.74) is 2.59. The summed E-state index contributed by atoms with van der Waals surface area (Å²) in [6.07, 6.45) is 7.61. The molecule has 8 rings (SSSR count). The van der Waals surface area contributed by atoms with Crippen LogP contribution in [0.3, 0.4) is 0 Å². The van der Waals surface area contributed by atoms with Crippen molar-refractivity contribution in [1.82, 2.24) is 41.9 Å². The Kier molecular flexibility index (Phi) is 14.3. The highest BCUT2D eigenvalue weighted by atomic mass is 16.5. The highest BCUT2D eigenvalue weighted by Crippen LogP contribution is 2.37. The lowest BCUT2D eigenvalue weighted by Crippen LogP contribution is -2.51. The van der Waals surface area contributed by atoms with Gasteiger partial charge in [-0.2, -0.15) is 10.5 Å². The van der Waals surface area contributed by atoms with Gasteiger partial charge in [-0.05, 0) is 105 Å². The second kappa shape index (κ2) is 20.6. The fraction of sp³-hybridized carbons (Fsp3) is 0.510. The van der Waals surface area contributed by atoms with Crippen LogP contribution in [0.5, 0.6) is 11.5 Å². The number of amides is 6. The normalized spacial score (nSPS) is 21.0. The summed E-state index contributed by atoms with van der Waals surface area (Å²) >= 11 is 0. The molecular weight excluding hydrogens is 857 g/mol. The Morgan fingerprint density at radius 1 is 0.701 bits per heavy atom. The second-order valence-corrected chi connectivity index (χ2v) is 18.6. The number of carbonyl (C=O) groups excluding carboxylic acids is 6. The molecule has 6 amide bonds. The monoisotopic (exact) mass is 914 g/mol. The van der Waals surface area contributed by atoms with Crippen LogP contribution in [0.2, 0.25) is 0 Å². The van der Waals surface area contributed by atoms with Crippen LogP contribution in [0.1, 0.15) is 110 Å². The highest BCUT2D eigenvalue weighted by molar-refractivity contribution is 6.03. The van der Waals surface area contributed by atoms with Crippen LogP contribution in [0.25, 0.3) is 21.8 Å². The third kappa shape index (κ3) is 11.3. The van der Waals surface area contributed by atoms with Gasteiger partial charge in [0.05, 0.1) is 31.9 Å². The predicted octanol–water partition coefficient (Wildman–Crippen LogP) is 4.10. The molecule has 7 atom stereocenters. The minimum atomic E-state index is -1.02. The van der Waals surface area contributed by atoms with Crippen molar-refractivity contribution in [2.75, 3.05) is 27.3 Å². The molecule has 18 nitrogen and oxygen atoms in total. The smallest absolute Gasteiger partial charge is 0.268 e. The maximum absolute atomic E-state index is 13.8. The molecule has 0 radical (unpaired) electrons. The lowest BCUT2D eigenvalue weighted by molar-refractivity contribution is -0.128. The molecule has 4 aromatic rings. The molecule has 352 valence electrons. The summed E-state index contributed by atoms with van der Waals surface area (Å²) in [6.45, 7) is 0.905. The van der Waals surface area contributed by atoms with E-state index < -0.39 is 53.7 Å². The van der Waals surface area contributed by atoms with E-state index in [1.807, 2.05) is 24.3 Å². The molecule has 0 bridgehead atoms. The van der Waals surface area contributed by atoms with Gasteiger partial charge >= 0.3 is 0 Å². The Balaban J connectivity index is 0.915. The van der Waals surface area contributed by atoms with Gasteiger partial charge in [-0.25, -0.2) is 0 Å². The number of fused-ring (bicyclic) bond motifs is 2. The fourth-order valence-electron chi connectivity index (χ4n) is 9.47. The number of rotatable bonds is 20. The first-order valence-electron chi connectivity index (χ1n) is 23.4. The van der Waals surface area contributed by atoms with Crippen molar-refractivity contribution < 1.29 is 38.2 Å². The van der Waals surface area contributed by atoms with Gasteiger partial charge in [0.15, 0.2) is 0 Å². The van der Waals surface area contributed by atoms with E-state index in [4.69, 9.17) is 9.47 Å². The Bertz CT molecular complexity index is 2620. The van der Waals surface area contributed by atoms with Crippen LogP contribution >= 0.6 is 0 Å². The number of nitrogens with one attached hydrogen (secondary N) is 8. The molecule has 0 spiro atoms. The lowest BCUT2D eigenvalue weighted by atomic mass is 9.82. The van der Waals surface area contributed by atoms with Crippen LogP contribution in [-0.2, 0) is 19.2 Å². The average Bonchev–Trinajstić information content (AvgIpc) is 4.25. The Hall–Kier alpha value is -7.08. The van der Waals surface area contributed by atoms with E-state index in [0.29, 0.717) is 72.6 Å². The summed E-state index contributed by atoms with van der Waals surface area (Å²) in [6, 6.07) is 13.1. The van der Waals surface area contributed by atoms with E-state index in [1.54, 1.807) is 25.3 Å². The van der Waals surface area contributed by atoms with Crippen LogP contribution in [0.15, 0.2) is 42.5 Å². The topological polar surface area (TPSA) is 272 Å². The number of carbonyl (C=O) groups is 6. The third-order valence-electron chi connectivity index (χ3n) is 13.7. The Labute approximate surface area is 388 Å². The number of methoxy groups -OCH3 is 2. The van der Waals surface area contributed by atoms with E-state index in [1.165, 1.54) is 7.11 Å². The Morgan fingerprint density at radius 3 is 1.96 bits per heavy atom. The number of hydrogen-bond acceptors (Lipinski definition) is 10. The Morgan fingerprint density at radius 2 is 1.31 bits per heavy atom. The first-order valence-corrected chi connectivity index (χ1v) is 23.4. The van der Waals surface area contributed by atoms with Crippen molar-refractivity contribution >= 4 is 57.2 Å². The maximum atomic E-state index is 13.8. The quantitative estimate of drug-likeness (QED) is 0.0629. The molecule has 8 N–H and O–H groups in total. The fourth-order valence-corrected chi connectivity index (χ4v) is 9.47. The zero-order valence-electron chi connectivity index (χ0n) is 37.8. The summed E-state index contributed by atoms with van der Waals surface area (Å²) in [7, 11) is 3.07. The molecule has 67 heavy (non-hydrogen) atoms. The summed E-state index contributed by atoms with van der Waals surface area (Å²) in [5, 5.41) is 38.6. The van der Waals surface area contributed by atoms with Crippen molar-refractivity contribution in [1.29, 1.82) is 10.5 Å². The molecule has 4 fully saturated rings. The number of nitriles is 2. The van der Waals surface area contributed by atoms with Gasteiger partial charge in [0, 0.05) is 47.1 Å². The molecule has 1 unspecified atom stereocenters. The summed E-state index contributed by atoms with van der Waals surface area (Å²) in [5.74, 6) is -1.68. The average molecular weight is 915 g/mol. The zero-order valence-corrected chi connectivity index (χ0v) is 37.8. The van der Waals surface area contributed by atoms with Gasteiger partial charge in [-0.1, -0.05) is 31.7 Å². The number of aromatic amines is 2. The van der Waals surface area contributed by atoms with Crippen molar-refractivity contribution in [3.63, 3.8) is 0 Å².